The zero-order valence-electron chi connectivity index (χ0n) is 20.5. The van der Waals surface area contributed by atoms with Crippen LogP contribution in [-0.2, 0) is 0 Å². The van der Waals surface area contributed by atoms with Gasteiger partial charge in [-0.15, -0.1) is 11.5 Å². The highest BCUT2D eigenvalue weighted by Crippen LogP contribution is 2.38. The molecule has 5 heterocycles. The number of furan rings is 1. The fourth-order valence-corrected chi connectivity index (χ4v) is 5.33. The molecule has 188 valence electrons. The molecule has 0 aliphatic carbocycles. The van der Waals surface area contributed by atoms with E-state index in [4.69, 9.17) is 25.1 Å². The quantitative estimate of drug-likeness (QED) is 0.283. The second-order valence-corrected chi connectivity index (χ2v) is 9.80. The number of nitrogens with zero attached hydrogens (tertiary/aromatic N) is 5. The zero-order valence-corrected chi connectivity index (χ0v) is 21.3. The number of ether oxygens (including phenoxy) is 3. The average molecular weight is 516 g/mol. The first-order chi connectivity index (χ1) is 18.1. The van der Waals surface area contributed by atoms with Gasteiger partial charge in [0.15, 0.2) is 5.76 Å². The van der Waals surface area contributed by atoms with E-state index in [0.717, 1.165) is 53.4 Å². The second-order valence-electron chi connectivity index (χ2n) is 8.89. The highest BCUT2D eigenvalue weighted by atomic mass is 32.1. The number of anilines is 1. The third-order valence-corrected chi connectivity index (χ3v) is 7.37. The number of piperidine rings is 1. The molecule has 0 spiro atoms. The Balaban J connectivity index is 1.23. The van der Waals surface area contributed by atoms with Crippen molar-refractivity contribution in [3.05, 3.63) is 48.3 Å². The Bertz CT molecular complexity index is 1580. The monoisotopic (exact) mass is 515 g/mol. The number of terminal acetylenes is 1. The van der Waals surface area contributed by atoms with Gasteiger partial charge in [0.05, 0.1) is 32.4 Å². The van der Waals surface area contributed by atoms with E-state index in [-0.39, 0.29) is 0 Å². The first kappa shape index (κ1) is 23.2. The first-order valence-corrected chi connectivity index (χ1v) is 12.8. The molecule has 4 aromatic heterocycles. The summed E-state index contributed by atoms with van der Waals surface area (Å²) in [5, 5.41) is 5.77. The number of fused-ring (bicyclic) bond motifs is 2. The highest BCUT2D eigenvalue weighted by molar-refractivity contribution is 7.18. The number of hydrogen-bond donors (Lipinski definition) is 0. The molecule has 1 saturated heterocycles. The summed E-state index contributed by atoms with van der Waals surface area (Å²) >= 11 is 1.37. The predicted molar refractivity (Wildman–Crippen MR) is 142 cm³/mol. The van der Waals surface area contributed by atoms with Gasteiger partial charge >= 0.3 is 0 Å². The van der Waals surface area contributed by atoms with Crippen LogP contribution < -0.4 is 19.1 Å². The summed E-state index contributed by atoms with van der Waals surface area (Å²) in [4.78, 5) is 12.2. The van der Waals surface area contributed by atoms with Crippen molar-refractivity contribution in [1.29, 1.82) is 0 Å². The molecule has 6 rings (SSSR count). The third kappa shape index (κ3) is 4.54. The van der Waals surface area contributed by atoms with Crippen molar-refractivity contribution >= 4 is 33.1 Å². The Morgan fingerprint density at radius 1 is 1.22 bits per heavy atom. The Kier molecular flexibility index (Phi) is 6.06. The number of pyridine rings is 1. The van der Waals surface area contributed by atoms with Crippen molar-refractivity contribution in [3.8, 4) is 40.5 Å². The number of aromatic nitrogens is 4. The molecule has 0 bridgehead atoms. The topological polar surface area (TPSA) is 87.2 Å². The molecule has 1 aromatic carbocycles. The van der Waals surface area contributed by atoms with Crippen LogP contribution in [0.25, 0.3) is 27.4 Å². The third-order valence-electron chi connectivity index (χ3n) is 6.49. The maximum atomic E-state index is 6.38. The fraction of sp³-hybridized carbons (Fsp3) is 0.296. The molecule has 9 nitrogen and oxygen atoms in total. The minimum absolute atomic E-state index is 0.346. The lowest BCUT2D eigenvalue weighted by Gasteiger charge is -2.33. The number of methoxy groups -OCH3 is 2. The first-order valence-electron chi connectivity index (χ1n) is 12.0. The molecule has 1 atom stereocenters. The van der Waals surface area contributed by atoms with Gasteiger partial charge in [-0.1, -0.05) is 5.92 Å². The van der Waals surface area contributed by atoms with Crippen LogP contribution in [0.3, 0.4) is 0 Å². The van der Waals surface area contributed by atoms with Crippen LogP contribution in [0.15, 0.2) is 47.1 Å². The summed E-state index contributed by atoms with van der Waals surface area (Å²) in [6, 6.07) is 9.53. The Morgan fingerprint density at radius 2 is 2.14 bits per heavy atom. The highest BCUT2D eigenvalue weighted by Gasteiger charge is 2.23. The van der Waals surface area contributed by atoms with Crippen molar-refractivity contribution in [3.63, 3.8) is 0 Å². The maximum Gasteiger partial charge on any atom is 0.294 e. The van der Waals surface area contributed by atoms with E-state index in [9.17, 15) is 0 Å². The number of imidazole rings is 1. The van der Waals surface area contributed by atoms with Crippen molar-refractivity contribution in [2.45, 2.75) is 12.8 Å². The largest absolute Gasteiger partial charge is 0.496 e. The number of rotatable bonds is 7. The van der Waals surface area contributed by atoms with E-state index in [1.807, 2.05) is 36.5 Å². The van der Waals surface area contributed by atoms with Crippen LogP contribution >= 0.6 is 11.3 Å². The molecule has 10 heteroatoms. The summed E-state index contributed by atoms with van der Waals surface area (Å²) < 4.78 is 24.9. The van der Waals surface area contributed by atoms with Gasteiger partial charge in [0.25, 0.3) is 5.19 Å². The minimum Gasteiger partial charge on any atom is -0.496 e. The van der Waals surface area contributed by atoms with Gasteiger partial charge < -0.3 is 23.5 Å². The van der Waals surface area contributed by atoms with Crippen molar-refractivity contribution in [2.75, 3.05) is 38.8 Å². The van der Waals surface area contributed by atoms with E-state index in [1.54, 1.807) is 24.9 Å². The summed E-state index contributed by atoms with van der Waals surface area (Å²) in [7, 11) is 3.22. The van der Waals surface area contributed by atoms with Crippen molar-refractivity contribution in [2.24, 2.45) is 5.92 Å². The molecule has 1 aliphatic heterocycles. The van der Waals surface area contributed by atoms with Crippen LogP contribution in [0, 0.1) is 18.3 Å². The summed E-state index contributed by atoms with van der Waals surface area (Å²) in [5.74, 6) is 5.97. The Morgan fingerprint density at radius 3 is 2.95 bits per heavy atom. The molecular weight excluding hydrogens is 490 g/mol. The summed E-state index contributed by atoms with van der Waals surface area (Å²) in [6.07, 6.45) is 11.3. The van der Waals surface area contributed by atoms with E-state index >= 15 is 0 Å². The molecule has 0 amide bonds. The second kappa shape index (κ2) is 9.67. The molecule has 37 heavy (non-hydrogen) atoms. The molecule has 0 saturated carbocycles. The van der Waals surface area contributed by atoms with E-state index in [1.165, 1.54) is 11.3 Å². The van der Waals surface area contributed by atoms with Crippen molar-refractivity contribution < 1.29 is 18.6 Å². The number of benzene rings is 1. The summed E-state index contributed by atoms with van der Waals surface area (Å²) in [6.45, 7) is 2.37. The molecule has 0 N–H and O–H groups in total. The fourth-order valence-electron chi connectivity index (χ4n) is 4.63. The van der Waals surface area contributed by atoms with Gasteiger partial charge in [-0.3, -0.25) is 0 Å². The smallest absolute Gasteiger partial charge is 0.294 e. The van der Waals surface area contributed by atoms with Gasteiger partial charge in [-0.25, -0.2) is 14.5 Å². The normalized spacial score (nSPS) is 15.7. The van der Waals surface area contributed by atoms with Crippen LogP contribution in [0.1, 0.15) is 18.4 Å². The molecule has 0 radical (unpaired) electrons. The Labute approximate surface area is 217 Å². The lowest BCUT2D eigenvalue weighted by atomic mass is 9.99. The molecule has 5 aromatic rings. The summed E-state index contributed by atoms with van der Waals surface area (Å²) in [5.41, 5.74) is 2.20. The van der Waals surface area contributed by atoms with Crippen LogP contribution in [0.2, 0.25) is 0 Å². The standard InChI is InChI=1S/C27H25N5O4S/c1-4-17-7-8-28-25(10-17)31-9-5-6-18(14-31)16-35-22-11-19(33-2)12-23-20(22)13-24(36-23)21-15-32-26(29-21)37-27(30-32)34-3/h1,7-8,10-13,15,18H,5-6,9,14,16H2,2-3H3. The van der Waals surface area contributed by atoms with Crippen LogP contribution in [0.5, 0.6) is 16.7 Å². The van der Waals surface area contributed by atoms with E-state index < -0.39 is 0 Å². The van der Waals surface area contributed by atoms with E-state index in [2.05, 4.69) is 25.9 Å². The van der Waals surface area contributed by atoms with Gasteiger partial charge in [-0.05, 0) is 42.4 Å². The average Bonchev–Trinajstić information content (AvgIpc) is 3.65. The van der Waals surface area contributed by atoms with Gasteiger partial charge in [0.2, 0.25) is 4.96 Å². The van der Waals surface area contributed by atoms with Crippen molar-refractivity contribution in [1.82, 2.24) is 19.6 Å². The number of hydrogen-bond acceptors (Lipinski definition) is 9. The predicted octanol–water partition coefficient (Wildman–Crippen LogP) is 4.89. The van der Waals surface area contributed by atoms with Crippen LogP contribution in [0.4, 0.5) is 5.82 Å². The minimum atomic E-state index is 0.346. The molecule has 1 unspecified atom stereocenters. The van der Waals surface area contributed by atoms with Gasteiger partial charge in [0, 0.05) is 42.9 Å². The Hall–Kier alpha value is -4.23. The van der Waals surface area contributed by atoms with E-state index in [0.29, 0.717) is 40.5 Å². The SMILES string of the molecule is C#Cc1ccnc(N2CCCC(COc3cc(OC)cc4oc(-c5cn6nc(OC)sc6n5)cc34)C2)c1. The lowest BCUT2D eigenvalue weighted by molar-refractivity contribution is 0.230. The zero-order chi connectivity index (χ0) is 25.4. The lowest BCUT2D eigenvalue weighted by Crippen LogP contribution is -2.38. The van der Waals surface area contributed by atoms with Gasteiger partial charge in [0.1, 0.15) is 28.6 Å². The molecular formula is C27H25N5O4S. The molecule has 1 fully saturated rings. The van der Waals surface area contributed by atoms with Gasteiger partial charge in [-0.2, -0.15) is 0 Å². The van der Waals surface area contributed by atoms with Crippen LogP contribution in [-0.4, -0.2) is 53.5 Å². The molecule has 1 aliphatic rings. The maximum absolute atomic E-state index is 6.38.